The van der Waals surface area contributed by atoms with Crippen LogP contribution in [0, 0.1) is 11.8 Å². The van der Waals surface area contributed by atoms with Crippen LogP contribution in [0.25, 0.3) is 16.2 Å². The quantitative estimate of drug-likeness (QED) is 0.653. The normalized spacial score (nSPS) is 24.9. The number of carbonyl (C=O) groups is 1. The van der Waals surface area contributed by atoms with Gasteiger partial charge in [0, 0.05) is 10.8 Å². The molecule has 1 fully saturated rings. The number of hydrogen-bond donors (Lipinski definition) is 2. The van der Waals surface area contributed by atoms with Gasteiger partial charge in [-0.05, 0) is 50.2 Å². The molecule has 5 heteroatoms. The predicted octanol–water partition coefficient (Wildman–Crippen LogP) is 6.15. The summed E-state index contributed by atoms with van der Waals surface area (Å²) in [6, 6.07) is 11.3. The molecule has 1 aliphatic heterocycles. The van der Waals surface area contributed by atoms with Crippen molar-refractivity contribution >= 4 is 28.0 Å². The van der Waals surface area contributed by atoms with Gasteiger partial charge in [-0.2, -0.15) is 0 Å². The summed E-state index contributed by atoms with van der Waals surface area (Å²) in [5, 5.41) is 21.8. The molecule has 1 aromatic carbocycles. The molecule has 2 N–H and O–H groups in total. The van der Waals surface area contributed by atoms with Gasteiger partial charge in [0.2, 0.25) is 5.91 Å². The second-order valence-corrected chi connectivity index (χ2v) is 8.97. The minimum Gasteiger partial charge on any atom is -0.506 e. The van der Waals surface area contributed by atoms with Crippen LogP contribution in [-0.4, -0.2) is 22.2 Å². The Labute approximate surface area is 170 Å². The molecule has 2 aliphatic rings. The summed E-state index contributed by atoms with van der Waals surface area (Å²) in [6.45, 7) is 4.00. The lowest BCUT2D eigenvalue weighted by Crippen LogP contribution is -2.46. The number of fused-ring (bicyclic) bond motifs is 1. The Bertz CT molecular complexity index is 894. The number of carbonyl (C=O) groups excluding carboxylic acids is 1. The highest BCUT2D eigenvalue weighted by molar-refractivity contribution is 7.20. The Morgan fingerprint density at radius 3 is 2.46 bits per heavy atom. The van der Waals surface area contributed by atoms with Crippen molar-refractivity contribution in [3.63, 3.8) is 0 Å². The SMILES string of the molecule is CCC1CCC(C(=O)N2c3sc(-c4ccccc4)cc3C(O)=C(O)C2C)CC1. The molecule has 2 aromatic rings. The minimum absolute atomic E-state index is 0.00609. The van der Waals surface area contributed by atoms with Crippen LogP contribution in [0.1, 0.15) is 51.5 Å². The van der Waals surface area contributed by atoms with Gasteiger partial charge in [0.05, 0.1) is 11.6 Å². The molecule has 2 heterocycles. The monoisotopic (exact) mass is 397 g/mol. The first-order chi connectivity index (χ1) is 13.5. The Balaban J connectivity index is 1.69. The van der Waals surface area contributed by atoms with E-state index in [9.17, 15) is 15.0 Å². The molecule has 28 heavy (non-hydrogen) atoms. The highest BCUT2D eigenvalue weighted by Gasteiger charge is 2.39. The van der Waals surface area contributed by atoms with Crippen LogP contribution in [0.4, 0.5) is 5.00 Å². The van der Waals surface area contributed by atoms with E-state index in [1.54, 1.807) is 11.8 Å². The lowest BCUT2D eigenvalue weighted by molar-refractivity contribution is -0.124. The molecule has 148 valence electrons. The van der Waals surface area contributed by atoms with E-state index >= 15 is 0 Å². The topological polar surface area (TPSA) is 60.8 Å². The van der Waals surface area contributed by atoms with Crippen LogP contribution in [0.3, 0.4) is 0 Å². The molecule has 0 bridgehead atoms. The van der Waals surface area contributed by atoms with Crippen molar-refractivity contribution in [1.29, 1.82) is 0 Å². The Kier molecular flexibility index (Phi) is 5.19. The summed E-state index contributed by atoms with van der Waals surface area (Å²) >= 11 is 1.50. The zero-order valence-electron chi connectivity index (χ0n) is 16.4. The van der Waals surface area contributed by atoms with Gasteiger partial charge in [-0.25, -0.2) is 0 Å². The first-order valence-corrected chi connectivity index (χ1v) is 11.0. The third-order valence-electron chi connectivity index (χ3n) is 6.28. The summed E-state index contributed by atoms with van der Waals surface area (Å²) in [5.74, 6) is 0.555. The van der Waals surface area contributed by atoms with Crippen LogP contribution in [0.2, 0.25) is 0 Å². The number of thiophene rings is 1. The summed E-state index contributed by atoms with van der Waals surface area (Å²) in [4.78, 5) is 16.1. The Morgan fingerprint density at radius 1 is 1.14 bits per heavy atom. The van der Waals surface area contributed by atoms with E-state index in [1.165, 1.54) is 17.8 Å². The van der Waals surface area contributed by atoms with E-state index in [-0.39, 0.29) is 23.3 Å². The van der Waals surface area contributed by atoms with Gasteiger partial charge in [-0.15, -0.1) is 11.3 Å². The number of anilines is 1. The molecule has 1 amide bonds. The van der Waals surface area contributed by atoms with Crippen molar-refractivity contribution in [1.82, 2.24) is 0 Å². The fraction of sp³-hybridized carbons (Fsp3) is 0.435. The number of benzene rings is 1. The second-order valence-electron chi connectivity index (χ2n) is 7.94. The van der Waals surface area contributed by atoms with Gasteiger partial charge in [-0.3, -0.25) is 9.69 Å². The Morgan fingerprint density at radius 2 is 1.82 bits per heavy atom. The fourth-order valence-corrected chi connectivity index (χ4v) is 5.66. The third kappa shape index (κ3) is 3.22. The van der Waals surface area contributed by atoms with Crippen LogP contribution in [0.5, 0.6) is 0 Å². The van der Waals surface area contributed by atoms with E-state index in [2.05, 4.69) is 6.92 Å². The van der Waals surface area contributed by atoms with E-state index in [4.69, 9.17) is 0 Å². The molecule has 4 nitrogen and oxygen atoms in total. The smallest absolute Gasteiger partial charge is 0.231 e. The molecule has 1 aliphatic carbocycles. The summed E-state index contributed by atoms with van der Waals surface area (Å²) < 4.78 is 0. The maximum Gasteiger partial charge on any atom is 0.231 e. The van der Waals surface area contributed by atoms with Crippen LogP contribution in [-0.2, 0) is 4.79 Å². The van der Waals surface area contributed by atoms with Crippen molar-refractivity contribution in [2.75, 3.05) is 4.90 Å². The van der Waals surface area contributed by atoms with Crippen LogP contribution < -0.4 is 4.90 Å². The molecule has 1 saturated carbocycles. The molecule has 1 atom stereocenters. The lowest BCUT2D eigenvalue weighted by atomic mass is 9.80. The highest BCUT2D eigenvalue weighted by Crippen LogP contribution is 2.46. The second kappa shape index (κ2) is 7.63. The highest BCUT2D eigenvalue weighted by atomic mass is 32.1. The van der Waals surface area contributed by atoms with Gasteiger partial charge < -0.3 is 10.2 Å². The average molecular weight is 398 g/mol. The zero-order chi connectivity index (χ0) is 19.8. The van der Waals surface area contributed by atoms with Gasteiger partial charge >= 0.3 is 0 Å². The number of aliphatic hydroxyl groups excluding tert-OH is 2. The number of hydrogen-bond acceptors (Lipinski definition) is 4. The molecule has 0 radical (unpaired) electrons. The number of amides is 1. The largest absolute Gasteiger partial charge is 0.506 e. The molecule has 1 aromatic heterocycles. The summed E-state index contributed by atoms with van der Waals surface area (Å²) in [7, 11) is 0. The number of nitrogens with zero attached hydrogens (tertiary/aromatic N) is 1. The predicted molar refractivity (Wildman–Crippen MR) is 115 cm³/mol. The first kappa shape index (κ1) is 19.1. The van der Waals surface area contributed by atoms with E-state index in [1.807, 2.05) is 36.4 Å². The first-order valence-electron chi connectivity index (χ1n) is 10.2. The van der Waals surface area contributed by atoms with Crippen molar-refractivity contribution in [2.24, 2.45) is 11.8 Å². The minimum atomic E-state index is -0.550. The zero-order valence-corrected chi connectivity index (χ0v) is 17.2. The average Bonchev–Trinajstić information content (AvgIpc) is 3.18. The van der Waals surface area contributed by atoms with Gasteiger partial charge in [-0.1, -0.05) is 43.7 Å². The van der Waals surface area contributed by atoms with Crippen molar-refractivity contribution in [3.8, 4) is 10.4 Å². The van der Waals surface area contributed by atoms with E-state index < -0.39 is 6.04 Å². The number of aliphatic hydroxyl groups is 2. The molecular formula is C23H27NO3S. The van der Waals surface area contributed by atoms with E-state index in [0.29, 0.717) is 5.56 Å². The van der Waals surface area contributed by atoms with Crippen LogP contribution >= 0.6 is 11.3 Å². The Hall–Kier alpha value is -2.27. The molecule has 4 rings (SSSR count). The maximum atomic E-state index is 13.4. The van der Waals surface area contributed by atoms with Gasteiger partial charge in [0.1, 0.15) is 5.00 Å². The van der Waals surface area contributed by atoms with Gasteiger partial charge in [0.15, 0.2) is 11.5 Å². The van der Waals surface area contributed by atoms with Gasteiger partial charge in [0.25, 0.3) is 0 Å². The number of rotatable bonds is 3. The van der Waals surface area contributed by atoms with Crippen molar-refractivity contribution in [2.45, 2.75) is 52.0 Å². The van der Waals surface area contributed by atoms with Crippen molar-refractivity contribution in [3.05, 3.63) is 47.7 Å². The third-order valence-corrected chi connectivity index (χ3v) is 7.46. The molecule has 0 saturated heterocycles. The standard InChI is InChI=1S/C23H27NO3S/c1-3-15-9-11-17(12-10-15)22(27)24-14(2)20(25)21(26)18-13-19(28-23(18)24)16-7-5-4-6-8-16/h4-8,13-15,17,25-26H,3,9-12H2,1-2H3. The molecule has 0 spiro atoms. The van der Waals surface area contributed by atoms with Crippen LogP contribution in [0.15, 0.2) is 42.2 Å². The molecule has 1 unspecified atom stereocenters. The fourth-order valence-electron chi connectivity index (χ4n) is 4.41. The van der Waals surface area contributed by atoms with Crippen molar-refractivity contribution < 1.29 is 15.0 Å². The summed E-state index contributed by atoms with van der Waals surface area (Å²) in [5.41, 5.74) is 1.59. The lowest BCUT2D eigenvalue weighted by Gasteiger charge is -2.36. The van der Waals surface area contributed by atoms with E-state index in [0.717, 1.165) is 47.0 Å². The maximum absolute atomic E-state index is 13.4. The molecular weight excluding hydrogens is 370 g/mol. The summed E-state index contributed by atoms with van der Waals surface area (Å²) in [6.07, 6.45) is 5.17.